The lowest BCUT2D eigenvalue weighted by Crippen LogP contribution is -2.68. The van der Waals surface area contributed by atoms with Gasteiger partial charge in [0.1, 0.15) is 6.61 Å². The zero-order valence-electron chi connectivity index (χ0n) is 24.5. The number of cyclic esters (lactones) is 1. The lowest BCUT2D eigenvalue weighted by atomic mass is 9.41. The van der Waals surface area contributed by atoms with Gasteiger partial charge in [0.2, 0.25) is 0 Å². The van der Waals surface area contributed by atoms with Crippen molar-refractivity contribution in [1.29, 1.82) is 0 Å². The van der Waals surface area contributed by atoms with E-state index in [2.05, 4.69) is 20.1 Å². The van der Waals surface area contributed by atoms with Gasteiger partial charge in [-0.1, -0.05) is 58.8 Å². The highest BCUT2D eigenvalue weighted by atomic mass is 16.5. The largest absolute Gasteiger partial charge is 0.458 e. The predicted molar refractivity (Wildman–Crippen MR) is 153 cm³/mol. The maximum atomic E-state index is 12.5. The molecule has 0 amide bonds. The Morgan fingerprint density at radius 1 is 0.949 bits per heavy atom. The standard InChI is InChI=1S/C33H53NO5/c1-3-4-5-6-7-8-9-10-19-34-23-31-16-11-25(35)21-32(31,37)17-13-28-27(31)12-15-30(2)26(14-18-33(28,30)38)24-20-29(36)39-22-24/h20,23,25-28,35,37-38H,3-19,21-22H2,1-2H3/t25-,26+,27-,28+,30+,31-,32-,33-/m0/s1. The molecule has 1 aliphatic heterocycles. The van der Waals surface area contributed by atoms with Crippen LogP contribution in [0.25, 0.3) is 0 Å². The number of aliphatic hydroxyl groups is 3. The summed E-state index contributed by atoms with van der Waals surface area (Å²) in [7, 11) is 0. The summed E-state index contributed by atoms with van der Waals surface area (Å²) in [6.45, 7) is 5.64. The Morgan fingerprint density at radius 3 is 2.38 bits per heavy atom. The molecule has 4 saturated carbocycles. The minimum atomic E-state index is -0.967. The summed E-state index contributed by atoms with van der Waals surface area (Å²) in [5.74, 6) is 0.145. The highest BCUT2D eigenvalue weighted by Gasteiger charge is 2.71. The molecular weight excluding hydrogens is 490 g/mol. The van der Waals surface area contributed by atoms with Crippen LogP contribution in [0.3, 0.4) is 0 Å². The average molecular weight is 544 g/mol. The molecule has 0 spiro atoms. The Bertz CT molecular complexity index is 948. The Kier molecular flexibility index (Phi) is 8.68. The van der Waals surface area contributed by atoms with Gasteiger partial charge in [0.05, 0.1) is 17.3 Å². The van der Waals surface area contributed by atoms with Crippen molar-refractivity contribution in [3.05, 3.63) is 11.6 Å². The number of rotatable bonds is 11. The monoisotopic (exact) mass is 543 g/mol. The van der Waals surface area contributed by atoms with E-state index in [9.17, 15) is 20.1 Å². The molecular formula is C33H53NO5. The van der Waals surface area contributed by atoms with E-state index in [-0.39, 0.29) is 29.1 Å². The SMILES string of the molecule is CCCCCCCCCCN=C[C@]12CC[C@H](O)C[C@@]1(O)CC[C@@H]1[C@@H]2CC[C@]2(C)[C@@H](C3=CC(=O)OC3)CC[C@]12O. The smallest absolute Gasteiger partial charge is 0.331 e. The van der Waals surface area contributed by atoms with E-state index >= 15 is 0 Å². The fraction of sp³-hybridized carbons (Fsp3) is 0.879. The van der Waals surface area contributed by atoms with E-state index in [1.807, 2.05) is 0 Å². The van der Waals surface area contributed by atoms with Crippen LogP contribution in [0.15, 0.2) is 16.6 Å². The third-order valence-corrected chi connectivity index (χ3v) is 12.1. The van der Waals surface area contributed by atoms with Gasteiger partial charge < -0.3 is 20.1 Å². The molecule has 0 radical (unpaired) electrons. The van der Waals surface area contributed by atoms with Gasteiger partial charge in [-0.2, -0.15) is 0 Å². The fourth-order valence-corrected chi connectivity index (χ4v) is 9.93. The first-order valence-electron chi connectivity index (χ1n) is 16.2. The summed E-state index contributed by atoms with van der Waals surface area (Å²) < 4.78 is 5.27. The van der Waals surface area contributed by atoms with Crippen molar-refractivity contribution in [2.75, 3.05) is 13.2 Å². The van der Waals surface area contributed by atoms with E-state index in [1.165, 1.54) is 44.9 Å². The second-order valence-corrected chi connectivity index (χ2v) is 14.0. The van der Waals surface area contributed by atoms with Crippen molar-refractivity contribution in [3.8, 4) is 0 Å². The number of carbonyl (C=O) groups excluding carboxylic acids is 1. The van der Waals surface area contributed by atoms with Gasteiger partial charge in [-0.3, -0.25) is 4.99 Å². The molecule has 0 aromatic heterocycles. The maximum Gasteiger partial charge on any atom is 0.331 e. The van der Waals surface area contributed by atoms with Crippen LogP contribution in [-0.4, -0.2) is 58.0 Å². The van der Waals surface area contributed by atoms with Gasteiger partial charge >= 0.3 is 5.97 Å². The van der Waals surface area contributed by atoms with Gasteiger partial charge in [-0.05, 0) is 81.1 Å². The molecule has 0 bridgehead atoms. The lowest BCUT2D eigenvalue weighted by Gasteiger charge is -2.65. The van der Waals surface area contributed by atoms with Crippen LogP contribution in [0, 0.1) is 28.6 Å². The molecule has 8 atom stereocenters. The Balaban J connectivity index is 1.31. The second kappa shape index (κ2) is 11.6. The van der Waals surface area contributed by atoms with E-state index in [0.29, 0.717) is 25.9 Å². The molecule has 3 N–H and O–H groups in total. The van der Waals surface area contributed by atoms with E-state index in [1.54, 1.807) is 6.08 Å². The third-order valence-electron chi connectivity index (χ3n) is 12.1. The number of aliphatic imine (C=N–C) groups is 1. The van der Waals surface area contributed by atoms with Crippen LogP contribution in [0.5, 0.6) is 0 Å². The zero-order chi connectivity index (χ0) is 27.7. The van der Waals surface area contributed by atoms with E-state index in [0.717, 1.165) is 57.1 Å². The topological polar surface area (TPSA) is 99.4 Å². The number of fused-ring (bicyclic) bond motifs is 5. The highest BCUT2D eigenvalue weighted by molar-refractivity contribution is 5.85. The predicted octanol–water partition coefficient (Wildman–Crippen LogP) is 5.91. The molecule has 0 unspecified atom stereocenters. The van der Waals surface area contributed by atoms with Crippen molar-refractivity contribution in [2.24, 2.45) is 33.6 Å². The summed E-state index contributed by atoms with van der Waals surface area (Å²) >= 11 is 0. The second-order valence-electron chi connectivity index (χ2n) is 14.0. The first-order valence-corrected chi connectivity index (χ1v) is 16.2. The number of nitrogens with zero attached hydrogens (tertiary/aromatic N) is 1. The third kappa shape index (κ3) is 5.05. The normalized spacial score (nSPS) is 43.6. The van der Waals surface area contributed by atoms with Gasteiger partial charge in [0, 0.05) is 36.1 Å². The van der Waals surface area contributed by atoms with Crippen molar-refractivity contribution in [1.82, 2.24) is 0 Å². The first-order chi connectivity index (χ1) is 18.7. The van der Waals surface area contributed by atoms with Gasteiger partial charge in [-0.15, -0.1) is 0 Å². The molecule has 4 aliphatic carbocycles. The molecule has 4 fully saturated rings. The minimum absolute atomic E-state index is 0.0879. The van der Waals surface area contributed by atoms with Crippen LogP contribution in [0.1, 0.15) is 123 Å². The van der Waals surface area contributed by atoms with Gasteiger partial charge in [0.25, 0.3) is 0 Å². The Morgan fingerprint density at radius 2 is 1.67 bits per heavy atom. The fourth-order valence-electron chi connectivity index (χ4n) is 9.93. The molecule has 0 aromatic rings. The number of hydrogen-bond acceptors (Lipinski definition) is 6. The number of hydrogen-bond donors (Lipinski definition) is 3. The molecule has 0 saturated heterocycles. The lowest BCUT2D eigenvalue weighted by molar-refractivity contribution is -0.237. The summed E-state index contributed by atoms with van der Waals surface area (Å²) in [5, 5.41) is 35.3. The van der Waals surface area contributed by atoms with Gasteiger partial charge in [0.15, 0.2) is 0 Å². The molecule has 1 heterocycles. The number of carbonyl (C=O) groups is 1. The quantitative estimate of drug-likeness (QED) is 0.171. The molecule has 6 nitrogen and oxygen atoms in total. The molecule has 0 aromatic carbocycles. The van der Waals surface area contributed by atoms with Crippen molar-refractivity contribution < 1.29 is 24.9 Å². The van der Waals surface area contributed by atoms with Crippen LogP contribution in [0.4, 0.5) is 0 Å². The number of unbranched alkanes of at least 4 members (excludes halogenated alkanes) is 7. The van der Waals surface area contributed by atoms with E-state index in [4.69, 9.17) is 9.73 Å². The van der Waals surface area contributed by atoms with Crippen molar-refractivity contribution in [2.45, 2.75) is 140 Å². The first kappa shape index (κ1) is 29.3. The minimum Gasteiger partial charge on any atom is -0.458 e. The summed E-state index contributed by atoms with van der Waals surface area (Å²) in [5.41, 5.74) is -1.54. The van der Waals surface area contributed by atoms with E-state index < -0.39 is 22.7 Å². The number of esters is 1. The summed E-state index contributed by atoms with van der Waals surface area (Å²) in [6, 6.07) is 0. The van der Waals surface area contributed by atoms with Crippen LogP contribution >= 0.6 is 0 Å². The highest BCUT2D eigenvalue weighted by Crippen LogP contribution is 2.70. The summed E-state index contributed by atoms with van der Waals surface area (Å²) in [4.78, 5) is 16.8. The number of ether oxygens (including phenoxy) is 1. The molecule has 39 heavy (non-hydrogen) atoms. The average Bonchev–Trinajstić information content (AvgIpc) is 3.45. The Hall–Kier alpha value is -1.24. The number of aliphatic hydroxyl groups excluding tert-OH is 1. The van der Waals surface area contributed by atoms with Crippen molar-refractivity contribution in [3.63, 3.8) is 0 Å². The summed E-state index contributed by atoms with van der Waals surface area (Å²) in [6.07, 6.45) is 20.1. The maximum absolute atomic E-state index is 12.5. The van der Waals surface area contributed by atoms with Gasteiger partial charge in [-0.25, -0.2) is 4.79 Å². The molecule has 220 valence electrons. The van der Waals surface area contributed by atoms with Crippen LogP contribution in [0.2, 0.25) is 0 Å². The van der Waals surface area contributed by atoms with Crippen LogP contribution < -0.4 is 0 Å². The molecule has 5 rings (SSSR count). The molecule has 6 heteroatoms. The zero-order valence-corrected chi connectivity index (χ0v) is 24.5. The molecule has 5 aliphatic rings. The Labute approximate surface area is 235 Å². The van der Waals surface area contributed by atoms with Crippen molar-refractivity contribution >= 4 is 12.2 Å². The van der Waals surface area contributed by atoms with Crippen LogP contribution in [-0.2, 0) is 9.53 Å².